The van der Waals surface area contributed by atoms with Crippen LogP contribution in [0.25, 0.3) is 0 Å². The molecule has 0 radical (unpaired) electrons. The molecule has 0 saturated heterocycles. The maximum absolute atomic E-state index is 13.2. The van der Waals surface area contributed by atoms with Crippen molar-refractivity contribution in [2.75, 3.05) is 32.4 Å². The van der Waals surface area contributed by atoms with Crippen molar-refractivity contribution >= 4 is 17.1 Å². The molecule has 0 aromatic heterocycles. The molecule has 0 aliphatic heterocycles. The lowest BCUT2D eigenvalue weighted by atomic mass is 10.2. The summed E-state index contributed by atoms with van der Waals surface area (Å²) in [4.78, 5) is 0. The zero-order chi connectivity index (χ0) is 15.4. The van der Waals surface area contributed by atoms with E-state index in [1.807, 2.05) is 0 Å². The fourth-order valence-corrected chi connectivity index (χ4v) is 1.92. The molecule has 0 saturated carbocycles. The molecule has 6 heteroatoms. The van der Waals surface area contributed by atoms with Gasteiger partial charge in [-0.05, 0) is 12.1 Å². The summed E-state index contributed by atoms with van der Waals surface area (Å²) < 4.78 is 28.8. The van der Waals surface area contributed by atoms with Crippen LogP contribution < -0.4 is 25.3 Å². The fraction of sp³-hybridized carbons (Fsp3) is 0.200. The molecule has 5 nitrogen and oxygen atoms in total. The smallest absolute Gasteiger partial charge is 0.162 e. The van der Waals surface area contributed by atoms with E-state index < -0.39 is 0 Å². The highest BCUT2D eigenvalue weighted by Crippen LogP contribution is 2.37. The van der Waals surface area contributed by atoms with E-state index in [0.717, 1.165) is 0 Å². The van der Waals surface area contributed by atoms with Gasteiger partial charge in [0.25, 0.3) is 0 Å². The normalized spacial score (nSPS) is 10.1. The van der Waals surface area contributed by atoms with E-state index in [0.29, 0.717) is 34.3 Å². The van der Waals surface area contributed by atoms with Gasteiger partial charge in [-0.3, -0.25) is 0 Å². The average Bonchev–Trinajstić information content (AvgIpc) is 2.50. The van der Waals surface area contributed by atoms with Gasteiger partial charge in [0, 0.05) is 18.2 Å². The van der Waals surface area contributed by atoms with Gasteiger partial charge in [0.15, 0.2) is 11.5 Å². The molecule has 0 bridgehead atoms. The van der Waals surface area contributed by atoms with Crippen molar-refractivity contribution in [1.82, 2.24) is 0 Å². The average molecular weight is 292 g/mol. The minimum atomic E-state index is -0.377. The first-order valence-electron chi connectivity index (χ1n) is 6.21. The summed E-state index contributed by atoms with van der Waals surface area (Å²) in [6, 6.07) is 7.56. The summed E-state index contributed by atoms with van der Waals surface area (Å²) in [7, 11) is 4.54. The number of nitrogens with two attached hydrogens (primary N) is 1. The highest BCUT2D eigenvalue weighted by atomic mass is 19.1. The van der Waals surface area contributed by atoms with E-state index in [9.17, 15) is 4.39 Å². The van der Waals surface area contributed by atoms with Crippen molar-refractivity contribution in [1.29, 1.82) is 0 Å². The van der Waals surface area contributed by atoms with Crippen LogP contribution in [0, 0.1) is 5.82 Å². The molecule has 0 unspecified atom stereocenters. The van der Waals surface area contributed by atoms with Gasteiger partial charge in [-0.15, -0.1) is 0 Å². The largest absolute Gasteiger partial charge is 0.494 e. The van der Waals surface area contributed by atoms with Crippen molar-refractivity contribution in [3.8, 4) is 17.2 Å². The van der Waals surface area contributed by atoms with Crippen LogP contribution in [0.5, 0.6) is 17.2 Å². The summed E-state index contributed by atoms with van der Waals surface area (Å²) in [5.74, 6) is 1.07. The number of rotatable bonds is 5. The molecule has 0 heterocycles. The van der Waals surface area contributed by atoms with Gasteiger partial charge in [0.05, 0.1) is 38.4 Å². The van der Waals surface area contributed by atoms with Crippen molar-refractivity contribution in [3.63, 3.8) is 0 Å². The Balaban J connectivity index is 2.40. The molecule has 0 amide bonds. The van der Waals surface area contributed by atoms with Crippen LogP contribution in [-0.2, 0) is 0 Å². The lowest BCUT2D eigenvalue weighted by Gasteiger charge is -2.15. The molecular formula is C15H17FN2O3. The van der Waals surface area contributed by atoms with Gasteiger partial charge >= 0.3 is 0 Å². The van der Waals surface area contributed by atoms with E-state index >= 15 is 0 Å². The zero-order valence-corrected chi connectivity index (χ0v) is 12.1. The molecular weight excluding hydrogens is 275 g/mol. The standard InChI is InChI=1S/C15H17FN2O3/c1-19-13-6-9(16)4-5-11(13)18-12-8-15(21-3)14(20-2)7-10(12)17/h4-8,18H,17H2,1-3H3. The quantitative estimate of drug-likeness (QED) is 0.829. The number of anilines is 3. The maximum atomic E-state index is 13.2. The minimum absolute atomic E-state index is 0.377. The Labute approximate surface area is 122 Å². The third-order valence-corrected chi connectivity index (χ3v) is 2.99. The molecule has 2 aromatic rings. The van der Waals surface area contributed by atoms with E-state index in [4.69, 9.17) is 19.9 Å². The summed E-state index contributed by atoms with van der Waals surface area (Å²) in [6.07, 6.45) is 0. The molecule has 112 valence electrons. The number of methoxy groups -OCH3 is 3. The molecule has 21 heavy (non-hydrogen) atoms. The summed E-state index contributed by atoms with van der Waals surface area (Å²) >= 11 is 0. The SMILES string of the molecule is COc1cc(F)ccc1Nc1cc(OC)c(OC)cc1N. The summed E-state index contributed by atoms with van der Waals surface area (Å²) in [6.45, 7) is 0. The van der Waals surface area contributed by atoms with E-state index in [1.165, 1.54) is 33.5 Å². The summed E-state index contributed by atoms with van der Waals surface area (Å²) in [5.41, 5.74) is 7.65. The lowest BCUT2D eigenvalue weighted by molar-refractivity contribution is 0.355. The zero-order valence-electron chi connectivity index (χ0n) is 12.1. The second-order valence-corrected chi connectivity index (χ2v) is 4.26. The number of hydrogen-bond acceptors (Lipinski definition) is 5. The van der Waals surface area contributed by atoms with Gasteiger partial charge < -0.3 is 25.3 Å². The Hall–Kier alpha value is -2.63. The van der Waals surface area contributed by atoms with Crippen molar-refractivity contribution in [2.45, 2.75) is 0 Å². The maximum Gasteiger partial charge on any atom is 0.162 e. The van der Waals surface area contributed by atoms with Gasteiger partial charge in [0.1, 0.15) is 11.6 Å². The first-order chi connectivity index (χ1) is 10.1. The number of ether oxygens (including phenoxy) is 3. The van der Waals surface area contributed by atoms with Crippen LogP contribution in [0.2, 0.25) is 0 Å². The lowest BCUT2D eigenvalue weighted by Crippen LogP contribution is -2.01. The number of hydrogen-bond donors (Lipinski definition) is 2. The molecule has 0 aliphatic carbocycles. The number of nitrogens with one attached hydrogen (secondary N) is 1. The van der Waals surface area contributed by atoms with Crippen LogP contribution in [0.1, 0.15) is 0 Å². The van der Waals surface area contributed by atoms with Gasteiger partial charge in [-0.2, -0.15) is 0 Å². The molecule has 0 aliphatic rings. The fourth-order valence-electron chi connectivity index (χ4n) is 1.92. The van der Waals surface area contributed by atoms with Crippen LogP contribution in [0.3, 0.4) is 0 Å². The second-order valence-electron chi connectivity index (χ2n) is 4.26. The van der Waals surface area contributed by atoms with Crippen LogP contribution in [0.4, 0.5) is 21.5 Å². The number of benzene rings is 2. The molecule has 0 spiro atoms. The Kier molecular flexibility index (Phi) is 4.37. The van der Waals surface area contributed by atoms with Gasteiger partial charge in [0.2, 0.25) is 0 Å². The van der Waals surface area contributed by atoms with Crippen molar-refractivity contribution in [2.24, 2.45) is 0 Å². The monoisotopic (exact) mass is 292 g/mol. The molecule has 0 fully saturated rings. The van der Waals surface area contributed by atoms with Gasteiger partial charge in [-0.25, -0.2) is 4.39 Å². The molecule has 3 N–H and O–H groups in total. The van der Waals surface area contributed by atoms with Crippen LogP contribution in [-0.4, -0.2) is 21.3 Å². The molecule has 0 atom stereocenters. The number of halogens is 1. The Bertz CT molecular complexity index is 647. The first-order valence-corrected chi connectivity index (χ1v) is 6.21. The van der Waals surface area contributed by atoms with E-state index in [1.54, 1.807) is 18.2 Å². The first kappa shape index (κ1) is 14.8. The van der Waals surface area contributed by atoms with E-state index in [-0.39, 0.29) is 5.82 Å². The van der Waals surface area contributed by atoms with Crippen LogP contribution >= 0.6 is 0 Å². The predicted octanol–water partition coefficient (Wildman–Crippen LogP) is 3.18. The Morgan fingerprint density at radius 3 is 2.10 bits per heavy atom. The third-order valence-electron chi connectivity index (χ3n) is 2.99. The highest BCUT2D eigenvalue weighted by molar-refractivity contribution is 5.78. The topological polar surface area (TPSA) is 65.7 Å². The van der Waals surface area contributed by atoms with Gasteiger partial charge in [-0.1, -0.05) is 0 Å². The van der Waals surface area contributed by atoms with E-state index in [2.05, 4.69) is 5.32 Å². The Morgan fingerprint density at radius 1 is 0.857 bits per heavy atom. The molecule has 2 rings (SSSR count). The second kappa shape index (κ2) is 6.21. The highest BCUT2D eigenvalue weighted by Gasteiger charge is 2.11. The van der Waals surface area contributed by atoms with Crippen LogP contribution in [0.15, 0.2) is 30.3 Å². The minimum Gasteiger partial charge on any atom is -0.494 e. The third kappa shape index (κ3) is 3.10. The van der Waals surface area contributed by atoms with Crippen molar-refractivity contribution in [3.05, 3.63) is 36.1 Å². The molecule has 2 aromatic carbocycles. The van der Waals surface area contributed by atoms with Crippen molar-refractivity contribution < 1.29 is 18.6 Å². The number of nitrogen functional groups attached to an aromatic ring is 1. The summed E-state index contributed by atoms with van der Waals surface area (Å²) in [5, 5.41) is 3.09. The predicted molar refractivity (Wildman–Crippen MR) is 80.2 cm³/mol. The Morgan fingerprint density at radius 2 is 1.48 bits per heavy atom.